The van der Waals surface area contributed by atoms with Crippen molar-refractivity contribution in [2.45, 2.75) is 38.1 Å². The van der Waals surface area contributed by atoms with Gasteiger partial charge in [-0.1, -0.05) is 19.3 Å². The molecule has 1 N–H and O–H groups in total. The summed E-state index contributed by atoms with van der Waals surface area (Å²) in [5.74, 6) is -0.447. The first-order valence-electron chi connectivity index (χ1n) is 4.92. The molecule has 14 heavy (non-hydrogen) atoms. The Morgan fingerprint density at radius 3 is 2.50 bits per heavy atom. The van der Waals surface area contributed by atoms with E-state index in [0.717, 1.165) is 12.8 Å². The third-order valence-electron chi connectivity index (χ3n) is 3.31. The lowest BCUT2D eigenvalue weighted by atomic mass is 9.76. The van der Waals surface area contributed by atoms with Crippen molar-refractivity contribution in [2.24, 2.45) is 5.92 Å². The maximum atomic E-state index is 11.1. The minimum absolute atomic E-state index is 0.471. The molecule has 0 saturated heterocycles. The molecular formula is C10H17NO3. The number of hydrogen-bond acceptors (Lipinski definition) is 2. The molecule has 1 amide bonds. The zero-order chi connectivity index (χ0) is 10.8. The van der Waals surface area contributed by atoms with Gasteiger partial charge in [0.25, 0.3) is 0 Å². The van der Waals surface area contributed by atoms with Crippen LogP contribution in [0.15, 0.2) is 0 Å². The number of likely N-dealkylation sites (N-methyl/N-ethyl adjacent to an activating group) is 1. The summed E-state index contributed by atoms with van der Waals surface area (Å²) in [7, 11) is 1.53. The van der Waals surface area contributed by atoms with Crippen LogP contribution in [0.5, 0.6) is 0 Å². The van der Waals surface area contributed by atoms with Gasteiger partial charge in [0.05, 0.1) is 0 Å². The Morgan fingerprint density at radius 1 is 1.64 bits per heavy atom. The first-order chi connectivity index (χ1) is 6.50. The number of hydrogen-bond donors (Lipinski definition) is 1. The van der Waals surface area contributed by atoms with Gasteiger partial charge in [0.1, 0.15) is 5.54 Å². The van der Waals surface area contributed by atoms with E-state index in [9.17, 15) is 9.59 Å². The van der Waals surface area contributed by atoms with E-state index in [-0.39, 0.29) is 0 Å². The van der Waals surface area contributed by atoms with Gasteiger partial charge in [-0.2, -0.15) is 0 Å². The molecule has 0 aromatic rings. The molecule has 4 nitrogen and oxygen atoms in total. The van der Waals surface area contributed by atoms with Crippen molar-refractivity contribution in [2.75, 3.05) is 7.05 Å². The third kappa shape index (κ3) is 1.89. The molecule has 0 radical (unpaired) electrons. The summed E-state index contributed by atoms with van der Waals surface area (Å²) in [6.07, 6.45) is 4.53. The van der Waals surface area contributed by atoms with E-state index in [1.54, 1.807) is 6.92 Å². The van der Waals surface area contributed by atoms with Gasteiger partial charge in [-0.15, -0.1) is 0 Å². The Kier molecular flexibility index (Phi) is 3.13. The number of rotatable bonds is 5. The van der Waals surface area contributed by atoms with Crippen molar-refractivity contribution in [3.05, 3.63) is 0 Å². The molecule has 0 aliphatic heterocycles. The van der Waals surface area contributed by atoms with E-state index in [0.29, 0.717) is 18.7 Å². The van der Waals surface area contributed by atoms with Gasteiger partial charge in [-0.3, -0.25) is 4.79 Å². The molecule has 80 valence electrons. The minimum Gasteiger partial charge on any atom is -0.480 e. The zero-order valence-corrected chi connectivity index (χ0v) is 8.69. The van der Waals surface area contributed by atoms with E-state index in [4.69, 9.17) is 5.11 Å². The van der Waals surface area contributed by atoms with Crippen LogP contribution in [0.3, 0.4) is 0 Å². The first-order valence-corrected chi connectivity index (χ1v) is 4.92. The van der Waals surface area contributed by atoms with Crippen molar-refractivity contribution in [1.29, 1.82) is 0 Å². The van der Waals surface area contributed by atoms with E-state index in [2.05, 4.69) is 0 Å². The van der Waals surface area contributed by atoms with Crippen molar-refractivity contribution in [3.8, 4) is 0 Å². The molecule has 1 atom stereocenters. The monoisotopic (exact) mass is 199 g/mol. The Morgan fingerprint density at radius 2 is 2.21 bits per heavy atom. The molecule has 1 fully saturated rings. The van der Waals surface area contributed by atoms with E-state index in [1.807, 2.05) is 0 Å². The summed E-state index contributed by atoms with van der Waals surface area (Å²) in [5, 5.41) is 9.10. The molecule has 1 aliphatic rings. The average Bonchev–Trinajstić information content (AvgIpc) is 2.09. The Labute approximate surface area is 83.9 Å². The van der Waals surface area contributed by atoms with Crippen LogP contribution in [0.25, 0.3) is 0 Å². The average molecular weight is 199 g/mol. The van der Waals surface area contributed by atoms with Gasteiger partial charge >= 0.3 is 5.97 Å². The number of carboxylic acids is 1. The van der Waals surface area contributed by atoms with Crippen LogP contribution in [0.2, 0.25) is 0 Å². The van der Waals surface area contributed by atoms with E-state index < -0.39 is 11.5 Å². The zero-order valence-electron chi connectivity index (χ0n) is 8.69. The molecule has 1 rings (SSSR count). The molecule has 0 aromatic carbocycles. The highest BCUT2D eigenvalue weighted by Gasteiger charge is 2.40. The van der Waals surface area contributed by atoms with Crippen LogP contribution >= 0.6 is 0 Å². The highest BCUT2D eigenvalue weighted by molar-refractivity contribution is 5.80. The molecule has 0 bridgehead atoms. The third-order valence-corrected chi connectivity index (χ3v) is 3.31. The van der Waals surface area contributed by atoms with Crippen molar-refractivity contribution in [1.82, 2.24) is 4.90 Å². The van der Waals surface area contributed by atoms with Crippen molar-refractivity contribution in [3.63, 3.8) is 0 Å². The summed E-state index contributed by atoms with van der Waals surface area (Å²) in [6, 6.07) is 0. The summed E-state index contributed by atoms with van der Waals surface area (Å²) >= 11 is 0. The minimum atomic E-state index is -1.03. The summed E-state index contributed by atoms with van der Waals surface area (Å²) in [5.41, 5.74) is -1.03. The number of carbonyl (C=O) groups excluding carboxylic acids is 1. The lowest BCUT2D eigenvalue weighted by molar-refractivity contribution is -0.154. The fraction of sp³-hybridized carbons (Fsp3) is 0.800. The summed E-state index contributed by atoms with van der Waals surface area (Å²) < 4.78 is 0. The molecular weight excluding hydrogens is 182 g/mol. The van der Waals surface area contributed by atoms with Crippen LogP contribution in [-0.4, -0.2) is 35.0 Å². The Hall–Kier alpha value is -1.06. The molecule has 1 unspecified atom stereocenters. The molecule has 0 spiro atoms. The second kappa shape index (κ2) is 3.98. The van der Waals surface area contributed by atoms with Crippen LogP contribution in [-0.2, 0) is 9.59 Å². The Balaban J connectivity index is 2.68. The lowest BCUT2D eigenvalue weighted by Gasteiger charge is -2.38. The standard InChI is InChI=1S/C10H17NO3/c1-10(9(13)14,11(2)7-12)6-8-4-3-5-8/h7-8H,3-6H2,1-2H3,(H,13,14). The number of amides is 1. The predicted octanol–water partition coefficient (Wildman–Crippen LogP) is 1.11. The summed E-state index contributed by atoms with van der Waals surface area (Å²) in [6.45, 7) is 1.61. The van der Waals surface area contributed by atoms with Crippen molar-refractivity contribution < 1.29 is 14.7 Å². The topological polar surface area (TPSA) is 57.6 Å². The highest BCUT2D eigenvalue weighted by Crippen LogP contribution is 2.35. The maximum Gasteiger partial charge on any atom is 0.329 e. The second-order valence-corrected chi connectivity index (χ2v) is 4.30. The second-order valence-electron chi connectivity index (χ2n) is 4.30. The van der Waals surface area contributed by atoms with E-state index in [1.165, 1.54) is 18.4 Å². The lowest BCUT2D eigenvalue weighted by Crippen LogP contribution is -2.51. The van der Waals surface area contributed by atoms with Crippen LogP contribution in [0, 0.1) is 5.92 Å². The SMILES string of the molecule is CN(C=O)C(C)(CC1CCC1)C(=O)O. The van der Waals surface area contributed by atoms with E-state index >= 15 is 0 Å². The number of carboxylic acid groups (broad SMARTS) is 1. The van der Waals surface area contributed by atoms with Gasteiger partial charge < -0.3 is 10.0 Å². The van der Waals surface area contributed by atoms with Crippen LogP contribution in [0.1, 0.15) is 32.6 Å². The number of nitrogens with zero attached hydrogens (tertiary/aromatic N) is 1. The largest absolute Gasteiger partial charge is 0.480 e. The number of carbonyl (C=O) groups is 2. The fourth-order valence-corrected chi connectivity index (χ4v) is 1.76. The summed E-state index contributed by atoms with van der Waals surface area (Å²) in [4.78, 5) is 23.0. The predicted molar refractivity (Wildman–Crippen MR) is 51.8 cm³/mol. The molecule has 0 heterocycles. The molecule has 4 heteroatoms. The molecule has 1 saturated carbocycles. The smallest absolute Gasteiger partial charge is 0.329 e. The van der Waals surface area contributed by atoms with Gasteiger partial charge in [0, 0.05) is 7.05 Å². The van der Waals surface area contributed by atoms with Crippen LogP contribution in [0.4, 0.5) is 0 Å². The maximum absolute atomic E-state index is 11.1. The van der Waals surface area contributed by atoms with Crippen molar-refractivity contribution >= 4 is 12.4 Å². The molecule has 0 aromatic heterocycles. The Bertz CT molecular complexity index is 238. The first kappa shape index (κ1) is 11.0. The normalized spacial score (nSPS) is 20.7. The fourth-order valence-electron chi connectivity index (χ4n) is 1.76. The molecule has 1 aliphatic carbocycles. The van der Waals surface area contributed by atoms with Gasteiger partial charge in [-0.05, 0) is 19.3 Å². The van der Waals surface area contributed by atoms with Gasteiger partial charge in [0.15, 0.2) is 0 Å². The number of aliphatic carboxylic acids is 1. The highest BCUT2D eigenvalue weighted by atomic mass is 16.4. The van der Waals surface area contributed by atoms with Gasteiger partial charge in [-0.25, -0.2) is 4.79 Å². The van der Waals surface area contributed by atoms with Gasteiger partial charge in [0.2, 0.25) is 6.41 Å². The van der Waals surface area contributed by atoms with Crippen LogP contribution < -0.4 is 0 Å². The quantitative estimate of drug-likeness (QED) is 0.675.